The molecule has 3 heterocycles. The molecule has 8 heteroatoms. The number of hydrogen-bond acceptors (Lipinski definition) is 4. The predicted molar refractivity (Wildman–Crippen MR) is 119 cm³/mol. The number of unbranched alkanes of at least 4 members (excludes halogenated alkanes) is 1. The van der Waals surface area contributed by atoms with Gasteiger partial charge in [0.1, 0.15) is 5.84 Å². The highest BCUT2D eigenvalue weighted by atomic mass is 19.4. The van der Waals surface area contributed by atoms with Gasteiger partial charge in [0.25, 0.3) is 0 Å². The van der Waals surface area contributed by atoms with Gasteiger partial charge < -0.3 is 9.88 Å². The zero-order chi connectivity index (χ0) is 22.7. The summed E-state index contributed by atoms with van der Waals surface area (Å²) < 4.78 is 38.7. The molecule has 5 nitrogen and oxygen atoms in total. The molecule has 0 saturated carbocycles. The molecule has 0 amide bonds. The van der Waals surface area contributed by atoms with Crippen LogP contribution in [-0.2, 0) is 6.42 Å². The van der Waals surface area contributed by atoms with Crippen LogP contribution < -0.4 is 0 Å². The minimum atomic E-state index is -4.29. The molecule has 170 valence electrons. The summed E-state index contributed by atoms with van der Waals surface area (Å²) in [5.74, 6) is 0.578. The van der Waals surface area contributed by atoms with Crippen LogP contribution in [0.1, 0.15) is 37.3 Å². The zero-order valence-electron chi connectivity index (χ0n) is 18.3. The molecule has 0 radical (unpaired) electrons. The number of nitrogens with one attached hydrogen (secondary N) is 1. The maximum absolute atomic E-state index is 12.9. The Kier molecular flexibility index (Phi) is 6.56. The number of amidine groups is 1. The van der Waals surface area contributed by atoms with Gasteiger partial charge in [-0.25, -0.2) is 4.99 Å². The van der Waals surface area contributed by atoms with Crippen LogP contribution >= 0.6 is 0 Å². The van der Waals surface area contributed by atoms with Gasteiger partial charge in [-0.15, -0.1) is 0 Å². The summed E-state index contributed by atoms with van der Waals surface area (Å²) >= 11 is 0. The van der Waals surface area contributed by atoms with E-state index >= 15 is 0 Å². The minimum absolute atomic E-state index is 0.00620. The van der Waals surface area contributed by atoms with Crippen molar-refractivity contribution in [3.8, 4) is 6.07 Å². The van der Waals surface area contributed by atoms with Crippen LogP contribution in [0.15, 0.2) is 41.2 Å². The summed E-state index contributed by atoms with van der Waals surface area (Å²) in [6.07, 6.45) is 1.88. The normalized spacial score (nSPS) is 20.2. The van der Waals surface area contributed by atoms with Gasteiger partial charge in [-0.05, 0) is 56.0 Å². The zero-order valence-corrected chi connectivity index (χ0v) is 18.3. The molecule has 4 rings (SSSR count). The molecule has 2 aromatic rings. The van der Waals surface area contributed by atoms with Gasteiger partial charge >= 0.3 is 6.18 Å². The van der Waals surface area contributed by atoms with Crippen LogP contribution in [0.2, 0.25) is 0 Å². The Morgan fingerprint density at radius 3 is 2.66 bits per heavy atom. The number of hydrogen-bond donors (Lipinski definition) is 1. The number of aromatic nitrogens is 1. The first-order valence-electron chi connectivity index (χ1n) is 11.2. The molecule has 1 aromatic carbocycles. The molecule has 0 spiro atoms. The number of H-pyrrole nitrogens is 1. The van der Waals surface area contributed by atoms with E-state index in [0.29, 0.717) is 5.56 Å². The fourth-order valence-electron chi connectivity index (χ4n) is 4.63. The third-order valence-corrected chi connectivity index (χ3v) is 6.45. The molecule has 0 bridgehead atoms. The maximum Gasteiger partial charge on any atom is 0.414 e. The van der Waals surface area contributed by atoms with Crippen LogP contribution in [0, 0.1) is 17.2 Å². The van der Waals surface area contributed by atoms with Crippen molar-refractivity contribution in [2.45, 2.75) is 38.8 Å². The van der Waals surface area contributed by atoms with E-state index < -0.39 is 11.7 Å². The van der Waals surface area contributed by atoms with Crippen LogP contribution in [-0.4, -0.2) is 59.5 Å². The van der Waals surface area contributed by atoms with E-state index in [9.17, 15) is 13.2 Å². The number of nitriles is 1. The average Bonchev–Trinajstić information content (AvgIpc) is 3.18. The molecule has 0 aliphatic carbocycles. The summed E-state index contributed by atoms with van der Waals surface area (Å²) in [6, 6.07) is 7.92. The van der Waals surface area contributed by atoms with Crippen LogP contribution in [0.5, 0.6) is 0 Å². The molecule has 1 fully saturated rings. The standard InChI is InChI=1S/C24H28F3N5/c1-17-12-20(24(25,26)27)16-30-23(17)32-10-8-31(9-11-32)7-3-2-4-19-15-29-22-6-5-18(14-28)13-21(19)22/h5-6,13,15-17,29H,2-4,7-12H2,1H3. The smallest absolute Gasteiger partial charge is 0.361 e. The minimum Gasteiger partial charge on any atom is -0.361 e. The Morgan fingerprint density at radius 1 is 1.19 bits per heavy atom. The first kappa shape index (κ1) is 22.4. The van der Waals surface area contributed by atoms with Crippen molar-refractivity contribution in [2.24, 2.45) is 10.9 Å². The van der Waals surface area contributed by atoms with E-state index in [4.69, 9.17) is 5.26 Å². The average molecular weight is 444 g/mol. The summed E-state index contributed by atoms with van der Waals surface area (Å²) in [4.78, 5) is 12.0. The molecule has 32 heavy (non-hydrogen) atoms. The lowest BCUT2D eigenvalue weighted by Gasteiger charge is -2.39. The number of allylic oxidation sites excluding steroid dienone is 1. The van der Waals surface area contributed by atoms with E-state index in [2.05, 4.69) is 25.8 Å². The number of halogens is 3. The highest BCUT2D eigenvalue weighted by Gasteiger charge is 2.37. The second-order valence-corrected chi connectivity index (χ2v) is 8.72. The Labute approximate surface area is 186 Å². The van der Waals surface area contributed by atoms with E-state index in [1.807, 2.05) is 31.3 Å². The van der Waals surface area contributed by atoms with Crippen LogP contribution in [0.4, 0.5) is 13.2 Å². The molecular weight excluding hydrogens is 415 g/mol. The Balaban J connectivity index is 1.23. The van der Waals surface area contributed by atoms with Crippen molar-refractivity contribution in [2.75, 3.05) is 32.7 Å². The molecule has 1 atom stereocenters. The van der Waals surface area contributed by atoms with Gasteiger partial charge in [-0.3, -0.25) is 4.90 Å². The largest absolute Gasteiger partial charge is 0.414 e. The Bertz CT molecular complexity index is 1050. The molecule has 2 aliphatic rings. The van der Waals surface area contributed by atoms with Gasteiger partial charge in [-0.1, -0.05) is 6.92 Å². The lowest BCUT2D eigenvalue weighted by Crippen LogP contribution is -2.50. The summed E-state index contributed by atoms with van der Waals surface area (Å²) in [6.45, 7) is 6.25. The van der Waals surface area contributed by atoms with Gasteiger partial charge in [0, 0.05) is 55.4 Å². The van der Waals surface area contributed by atoms with Crippen molar-refractivity contribution in [3.63, 3.8) is 0 Å². The van der Waals surface area contributed by atoms with Crippen molar-refractivity contribution in [1.29, 1.82) is 5.26 Å². The number of aryl methyl sites for hydroxylation is 1. The number of alkyl halides is 3. The van der Waals surface area contributed by atoms with Crippen molar-refractivity contribution in [1.82, 2.24) is 14.8 Å². The summed E-state index contributed by atoms with van der Waals surface area (Å²) in [5, 5.41) is 10.2. The number of nitrogens with zero attached hydrogens (tertiary/aromatic N) is 4. The number of aromatic amines is 1. The Hall–Kier alpha value is -2.79. The monoisotopic (exact) mass is 443 g/mol. The number of benzene rings is 1. The van der Waals surface area contributed by atoms with Crippen molar-refractivity contribution in [3.05, 3.63) is 47.3 Å². The molecule has 1 saturated heterocycles. The summed E-state index contributed by atoms with van der Waals surface area (Å²) in [7, 11) is 0. The predicted octanol–water partition coefficient (Wildman–Crippen LogP) is 4.86. The lowest BCUT2D eigenvalue weighted by molar-refractivity contribution is -0.0951. The second kappa shape index (κ2) is 9.37. The first-order valence-corrected chi connectivity index (χ1v) is 11.2. The number of aliphatic imine (C=N–C) groups is 1. The second-order valence-electron chi connectivity index (χ2n) is 8.72. The van der Waals surface area contributed by atoms with E-state index in [1.165, 1.54) is 5.56 Å². The van der Waals surface area contributed by atoms with Crippen LogP contribution in [0.25, 0.3) is 10.9 Å². The van der Waals surface area contributed by atoms with Crippen LogP contribution in [0.3, 0.4) is 0 Å². The molecule has 1 N–H and O–H groups in total. The Morgan fingerprint density at radius 2 is 1.97 bits per heavy atom. The molecular formula is C24H28F3N5. The highest BCUT2D eigenvalue weighted by molar-refractivity contribution is 5.86. The van der Waals surface area contributed by atoms with Crippen molar-refractivity contribution < 1.29 is 13.2 Å². The van der Waals surface area contributed by atoms with Gasteiger partial charge in [0.05, 0.1) is 17.2 Å². The van der Waals surface area contributed by atoms with E-state index in [-0.39, 0.29) is 12.3 Å². The van der Waals surface area contributed by atoms with E-state index in [0.717, 1.165) is 74.9 Å². The SMILES string of the molecule is CC1CC(C(F)(F)F)=CN=C1N1CCN(CCCCc2c[nH]c3ccc(C#N)cc23)CC1. The lowest BCUT2D eigenvalue weighted by atomic mass is 9.97. The topological polar surface area (TPSA) is 58.4 Å². The third-order valence-electron chi connectivity index (χ3n) is 6.45. The molecule has 2 aliphatic heterocycles. The fourth-order valence-corrected chi connectivity index (χ4v) is 4.63. The maximum atomic E-state index is 12.9. The van der Waals surface area contributed by atoms with Gasteiger partial charge in [-0.2, -0.15) is 18.4 Å². The van der Waals surface area contributed by atoms with Gasteiger partial charge in [0.15, 0.2) is 0 Å². The fraction of sp³-hybridized carbons (Fsp3) is 0.500. The van der Waals surface area contributed by atoms with Gasteiger partial charge in [0.2, 0.25) is 0 Å². The highest BCUT2D eigenvalue weighted by Crippen LogP contribution is 2.34. The number of rotatable bonds is 5. The number of fused-ring (bicyclic) bond motifs is 1. The molecule has 1 unspecified atom stereocenters. The quantitative estimate of drug-likeness (QED) is 0.671. The number of piperazine rings is 1. The van der Waals surface area contributed by atoms with E-state index in [1.54, 1.807) is 0 Å². The molecule has 1 aromatic heterocycles. The summed E-state index contributed by atoms with van der Waals surface area (Å²) in [5.41, 5.74) is 2.45. The first-order chi connectivity index (χ1) is 15.3. The van der Waals surface area contributed by atoms with Crippen molar-refractivity contribution >= 4 is 16.7 Å². The third kappa shape index (κ3) is 4.99.